The van der Waals surface area contributed by atoms with E-state index in [9.17, 15) is 9.59 Å². The zero-order valence-corrected chi connectivity index (χ0v) is 17.1. The highest BCUT2D eigenvalue weighted by Gasteiger charge is 2.12. The number of unbranched alkanes of at least 4 members (excludes halogenated alkanes) is 3. The molecule has 0 bridgehead atoms. The summed E-state index contributed by atoms with van der Waals surface area (Å²) in [6.07, 6.45) is 8.75. The molecule has 4 heteroatoms. The minimum atomic E-state index is -0.127. The van der Waals surface area contributed by atoms with Crippen molar-refractivity contribution in [3.63, 3.8) is 0 Å². The van der Waals surface area contributed by atoms with Gasteiger partial charge in [0.25, 0.3) is 0 Å². The first kappa shape index (κ1) is 23.9. The maximum Gasteiger partial charge on any atom is 0.306 e. The van der Waals surface area contributed by atoms with Crippen LogP contribution < -0.4 is 0 Å². The highest BCUT2D eigenvalue weighted by Crippen LogP contribution is 2.14. The number of ether oxygens (including phenoxy) is 2. The number of carbonyl (C=O) groups is 2. The lowest BCUT2D eigenvalue weighted by atomic mass is 10.0. The molecule has 0 aromatic heterocycles. The average Bonchev–Trinajstić information content (AvgIpc) is 2.53. The summed E-state index contributed by atoms with van der Waals surface area (Å²) >= 11 is 0. The van der Waals surface area contributed by atoms with E-state index in [1.54, 1.807) is 0 Å². The molecule has 0 saturated carbocycles. The van der Waals surface area contributed by atoms with Crippen LogP contribution in [-0.2, 0) is 19.1 Å². The lowest BCUT2D eigenvalue weighted by Gasteiger charge is -2.15. The van der Waals surface area contributed by atoms with Gasteiger partial charge >= 0.3 is 11.9 Å². The first-order valence-corrected chi connectivity index (χ1v) is 10.2. The summed E-state index contributed by atoms with van der Waals surface area (Å²) < 4.78 is 10.7. The van der Waals surface area contributed by atoms with Crippen molar-refractivity contribution in [2.45, 2.75) is 105 Å². The minimum absolute atomic E-state index is 0.0123. The van der Waals surface area contributed by atoms with Gasteiger partial charge in [-0.3, -0.25) is 9.59 Å². The van der Waals surface area contributed by atoms with E-state index in [-0.39, 0.29) is 18.0 Å². The van der Waals surface area contributed by atoms with Crippen molar-refractivity contribution in [2.24, 2.45) is 11.8 Å². The summed E-state index contributed by atoms with van der Waals surface area (Å²) in [6.45, 7) is 11.1. The third kappa shape index (κ3) is 14.9. The summed E-state index contributed by atoms with van der Waals surface area (Å²) in [7, 11) is 0. The molecule has 0 heterocycles. The fourth-order valence-electron chi connectivity index (χ4n) is 2.89. The molecule has 0 radical (unpaired) electrons. The second-order valence-corrected chi connectivity index (χ2v) is 7.59. The highest BCUT2D eigenvalue weighted by molar-refractivity contribution is 5.70. The molecule has 25 heavy (non-hydrogen) atoms. The molecule has 2 atom stereocenters. The third-order valence-corrected chi connectivity index (χ3v) is 4.42. The molecule has 0 aliphatic rings. The summed E-state index contributed by atoms with van der Waals surface area (Å²) in [6, 6.07) is 0. The Morgan fingerprint density at radius 2 is 1.52 bits per heavy atom. The van der Waals surface area contributed by atoms with E-state index in [1.807, 2.05) is 6.92 Å². The van der Waals surface area contributed by atoms with Crippen molar-refractivity contribution in [3.05, 3.63) is 0 Å². The fraction of sp³-hybridized carbons (Fsp3) is 0.905. The molecule has 2 unspecified atom stereocenters. The van der Waals surface area contributed by atoms with Crippen LogP contribution in [-0.4, -0.2) is 24.6 Å². The van der Waals surface area contributed by atoms with E-state index in [0.717, 1.165) is 38.5 Å². The molecular formula is C21H40O4. The summed E-state index contributed by atoms with van der Waals surface area (Å²) in [5, 5.41) is 0. The molecular weight excluding hydrogens is 316 g/mol. The highest BCUT2D eigenvalue weighted by atomic mass is 16.5. The van der Waals surface area contributed by atoms with E-state index in [2.05, 4.69) is 27.7 Å². The van der Waals surface area contributed by atoms with Crippen molar-refractivity contribution in [1.29, 1.82) is 0 Å². The topological polar surface area (TPSA) is 52.6 Å². The van der Waals surface area contributed by atoms with Crippen LogP contribution in [0.15, 0.2) is 0 Å². The van der Waals surface area contributed by atoms with Crippen LogP contribution >= 0.6 is 0 Å². The lowest BCUT2D eigenvalue weighted by molar-refractivity contribution is -0.149. The summed E-state index contributed by atoms with van der Waals surface area (Å²) in [5.74, 6) is 0.787. The molecule has 0 rings (SSSR count). The van der Waals surface area contributed by atoms with Gasteiger partial charge in [0.05, 0.1) is 12.7 Å². The van der Waals surface area contributed by atoms with E-state index >= 15 is 0 Å². The van der Waals surface area contributed by atoms with Crippen molar-refractivity contribution in [3.8, 4) is 0 Å². The molecule has 4 nitrogen and oxygen atoms in total. The molecule has 0 aliphatic carbocycles. The van der Waals surface area contributed by atoms with Crippen LogP contribution in [0.3, 0.4) is 0 Å². The Kier molecular flexibility index (Phi) is 14.6. The number of rotatable bonds is 15. The standard InChI is InChI=1S/C21H40O4/c1-6-8-12-19(7-2)16-24-20(22)13-10-9-11-14-21(23)25-18(5)15-17(3)4/h17-19H,6-16H2,1-5H3. The molecule has 0 aromatic rings. The van der Waals surface area contributed by atoms with Gasteiger partial charge in [-0.15, -0.1) is 0 Å². The largest absolute Gasteiger partial charge is 0.465 e. The van der Waals surface area contributed by atoms with Crippen LogP contribution in [0.25, 0.3) is 0 Å². The van der Waals surface area contributed by atoms with E-state index in [4.69, 9.17) is 9.47 Å². The van der Waals surface area contributed by atoms with Crippen molar-refractivity contribution < 1.29 is 19.1 Å². The molecule has 0 spiro atoms. The van der Waals surface area contributed by atoms with Crippen molar-refractivity contribution >= 4 is 11.9 Å². The minimum Gasteiger partial charge on any atom is -0.465 e. The molecule has 0 saturated heterocycles. The number of hydrogen-bond acceptors (Lipinski definition) is 4. The smallest absolute Gasteiger partial charge is 0.306 e. The molecule has 0 aliphatic heterocycles. The zero-order valence-electron chi connectivity index (χ0n) is 17.1. The molecule has 0 fully saturated rings. The Bertz CT molecular complexity index is 352. The van der Waals surface area contributed by atoms with Gasteiger partial charge in [-0.25, -0.2) is 0 Å². The zero-order chi connectivity index (χ0) is 19.1. The first-order chi connectivity index (χ1) is 11.9. The first-order valence-electron chi connectivity index (χ1n) is 10.2. The second-order valence-electron chi connectivity index (χ2n) is 7.59. The SMILES string of the molecule is CCCCC(CC)COC(=O)CCCCCC(=O)OC(C)CC(C)C. The van der Waals surface area contributed by atoms with Crippen LogP contribution in [0, 0.1) is 11.8 Å². The van der Waals surface area contributed by atoms with Gasteiger partial charge in [-0.05, 0) is 44.4 Å². The van der Waals surface area contributed by atoms with Gasteiger partial charge in [-0.1, -0.05) is 53.4 Å². The van der Waals surface area contributed by atoms with Gasteiger partial charge in [-0.2, -0.15) is 0 Å². The van der Waals surface area contributed by atoms with Gasteiger partial charge in [0, 0.05) is 12.8 Å². The van der Waals surface area contributed by atoms with E-state index in [0.29, 0.717) is 31.3 Å². The molecule has 0 N–H and O–H groups in total. The fourth-order valence-corrected chi connectivity index (χ4v) is 2.89. The Balaban J connectivity index is 3.66. The van der Waals surface area contributed by atoms with Crippen LogP contribution in [0.1, 0.15) is 98.8 Å². The molecule has 148 valence electrons. The Morgan fingerprint density at radius 3 is 2.08 bits per heavy atom. The maximum atomic E-state index is 11.8. The Hall–Kier alpha value is -1.06. The van der Waals surface area contributed by atoms with Crippen LogP contribution in [0.5, 0.6) is 0 Å². The lowest BCUT2D eigenvalue weighted by Crippen LogP contribution is -2.16. The Labute approximate surface area is 155 Å². The Morgan fingerprint density at radius 1 is 0.880 bits per heavy atom. The second kappa shape index (κ2) is 15.2. The van der Waals surface area contributed by atoms with Crippen LogP contribution in [0.4, 0.5) is 0 Å². The van der Waals surface area contributed by atoms with Crippen molar-refractivity contribution in [2.75, 3.05) is 6.61 Å². The van der Waals surface area contributed by atoms with E-state index < -0.39 is 0 Å². The molecule has 0 aromatic carbocycles. The van der Waals surface area contributed by atoms with Crippen molar-refractivity contribution in [1.82, 2.24) is 0 Å². The quantitative estimate of drug-likeness (QED) is 0.280. The van der Waals surface area contributed by atoms with Gasteiger partial charge in [0.1, 0.15) is 0 Å². The monoisotopic (exact) mass is 356 g/mol. The maximum absolute atomic E-state index is 11.8. The number of esters is 2. The third-order valence-electron chi connectivity index (χ3n) is 4.42. The van der Waals surface area contributed by atoms with E-state index in [1.165, 1.54) is 12.8 Å². The number of carbonyl (C=O) groups excluding carboxylic acids is 2. The van der Waals surface area contributed by atoms with Gasteiger partial charge < -0.3 is 9.47 Å². The number of hydrogen-bond donors (Lipinski definition) is 0. The van der Waals surface area contributed by atoms with Gasteiger partial charge in [0.15, 0.2) is 0 Å². The molecule has 0 amide bonds. The van der Waals surface area contributed by atoms with Crippen LogP contribution in [0.2, 0.25) is 0 Å². The summed E-state index contributed by atoms with van der Waals surface area (Å²) in [5.41, 5.74) is 0. The van der Waals surface area contributed by atoms with Gasteiger partial charge in [0.2, 0.25) is 0 Å². The summed E-state index contributed by atoms with van der Waals surface area (Å²) in [4.78, 5) is 23.5. The normalized spacial score (nSPS) is 13.5. The predicted molar refractivity (Wildman–Crippen MR) is 102 cm³/mol. The predicted octanol–water partition coefficient (Wildman–Crippen LogP) is 5.67. The average molecular weight is 357 g/mol.